The smallest absolute Gasteiger partial charge is 0.316 e. The standard InChI is InChI=1S/C85H108ClN11O14/c1-10-61(47-75(99)73(46-60-17-15-36-89-51-60)94-83(107)65(41-56-23-30-67(86)31-24-56)49-77(101)71(90-55(7)98)45-59-22-29-62-18-11-12-19-63(62)43-59)81(105)93-72(44-58-27-34-69(35-28-58)97(110)111)78(102)50-66(42-57-25-32-68(33-26-57)91-85(87)109)82(106)92-70(39-52(2)3)76(100)48-64(20-13-14-37-95(9)53(4)5)84(108)96-38-16-21-74(96)79(103)40-54(6)80(104)88-8/h11-12,15,17-19,22-36,43,51-54,61,64-66,70-74H,10,13-14,16,20-21,37-42,44-50H2,1-9H3,(H,88,104)(H,90,98)(H,92,106)(H,93,105)(H,94,107)(H3,87,91,109)/t54-,61+,64+,65-,66-,70-,71+,72-,73+,74-/m0/s1. The molecule has 5 aromatic carbocycles. The number of carbonyl (C=O) groups is 12. The average Bonchev–Trinajstić information content (AvgIpc) is 1.76. The first kappa shape index (κ1) is 87.8. The van der Waals surface area contributed by atoms with Crippen LogP contribution in [0.3, 0.4) is 0 Å². The van der Waals surface area contributed by atoms with Crippen LogP contribution in [0.5, 0.6) is 0 Å². The van der Waals surface area contributed by atoms with E-state index in [1.807, 2.05) is 63.4 Å². The second-order valence-corrected chi connectivity index (χ2v) is 30.6. The van der Waals surface area contributed by atoms with Gasteiger partial charge in [0.05, 0.1) is 35.1 Å². The molecule has 25 nitrogen and oxygen atoms in total. The number of non-ortho nitro benzene ring substituents is 1. The average molecular weight is 1540 g/mol. The molecule has 0 spiro atoms. The van der Waals surface area contributed by atoms with Crippen LogP contribution in [0.1, 0.15) is 153 Å². The van der Waals surface area contributed by atoms with E-state index < -0.39 is 130 Å². The number of pyridine rings is 1. The molecule has 1 aliphatic rings. The molecule has 0 aliphatic carbocycles. The molecule has 26 heteroatoms. The van der Waals surface area contributed by atoms with E-state index in [9.17, 15) is 38.9 Å². The Morgan fingerprint density at radius 1 is 0.595 bits per heavy atom. The summed E-state index contributed by atoms with van der Waals surface area (Å²) in [7, 11) is 3.49. The zero-order valence-corrected chi connectivity index (χ0v) is 65.9. The SMILES string of the molecule is CC[C@H](CC(=O)[C@@H](Cc1cccnc1)NC(=O)[C@H](CC(=O)[C@@H](Cc1ccc2ccccc2c1)NC(C)=O)Cc1ccc(Cl)cc1)C(=O)N[C@@H](Cc1ccc([N+](=O)[O-])cc1)C(=O)C[C@H](Cc1ccc(NC(N)=O)cc1)C(=O)N[C@@H](CC(C)C)C(=O)C[C@@H](CCCCN(C)C(C)C)C(=O)N1CCC[C@H]1C(=O)C[C@H](C)C(=O)NC. The number of unbranched alkanes of at least 4 members (excludes halogenated alkanes) is 1. The van der Waals surface area contributed by atoms with E-state index in [4.69, 9.17) is 17.3 Å². The summed E-state index contributed by atoms with van der Waals surface area (Å²) >= 11 is 6.30. The number of hydrogen-bond acceptors (Lipinski definition) is 16. The highest BCUT2D eigenvalue weighted by Crippen LogP contribution is 2.30. The number of ketones is 5. The van der Waals surface area contributed by atoms with Crippen molar-refractivity contribution in [3.05, 3.63) is 183 Å². The van der Waals surface area contributed by atoms with Crippen LogP contribution in [0.2, 0.25) is 5.02 Å². The second-order valence-electron chi connectivity index (χ2n) is 30.2. The van der Waals surface area contributed by atoms with Gasteiger partial charge < -0.3 is 47.4 Å². The van der Waals surface area contributed by atoms with Crippen molar-refractivity contribution in [2.24, 2.45) is 41.2 Å². The first-order valence-corrected chi connectivity index (χ1v) is 38.8. The second kappa shape index (κ2) is 43.3. The van der Waals surface area contributed by atoms with E-state index in [-0.39, 0.29) is 106 Å². The van der Waals surface area contributed by atoms with Gasteiger partial charge >= 0.3 is 6.03 Å². The van der Waals surface area contributed by atoms with Gasteiger partial charge in [-0.1, -0.05) is 131 Å². The first-order chi connectivity index (χ1) is 52.9. The third kappa shape index (κ3) is 27.8. The summed E-state index contributed by atoms with van der Waals surface area (Å²) in [6.07, 6.45) is 3.63. The lowest BCUT2D eigenvalue weighted by molar-refractivity contribution is -0.384. The van der Waals surface area contributed by atoms with Gasteiger partial charge in [-0.25, -0.2) is 4.79 Å². The van der Waals surface area contributed by atoms with Gasteiger partial charge in [0.1, 0.15) is 0 Å². The number of nitrogens with two attached hydrogens (primary N) is 1. The number of nitro groups is 1. The van der Waals surface area contributed by atoms with Crippen LogP contribution in [-0.4, -0.2) is 154 Å². The summed E-state index contributed by atoms with van der Waals surface area (Å²) in [4.78, 5) is 191. The summed E-state index contributed by atoms with van der Waals surface area (Å²) in [5.74, 6) is -10.9. The monoisotopic (exact) mass is 1540 g/mol. The van der Waals surface area contributed by atoms with Crippen molar-refractivity contribution in [1.29, 1.82) is 0 Å². The Bertz CT molecular complexity index is 4220. The van der Waals surface area contributed by atoms with Crippen LogP contribution < -0.4 is 37.6 Å². The molecular formula is C85H108ClN11O14. The molecule has 6 aromatic rings. The molecule has 10 atom stereocenters. The number of rotatable bonds is 45. The number of likely N-dealkylation sites (tertiary alicyclic amines) is 1. The number of nitrogens with one attached hydrogen (secondary N) is 6. The molecule has 0 radical (unpaired) electrons. The van der Waals surface area contributed by atoms with E-state index in [2.05, 4.69) is 55.6 Å². The molecule has 1 aliphatic heterocycles. The topological polar surface area (TPSA) is 366 Å². The molecule has 2 heterocycles. The van der Waals surface area contributed by atoms with Gasteiger partial charge in [-0.15, -0.1) is 0 Å². The number of halogens is 1. The fraction of sp³-hybridized carbons (Fsp3) is 0.471. The number of amides is 8. The van der Waals surface area contributed by atoms with Crippen molar-refractivity contribution in [2.75, 3.05) is 32.5 Å². The lowest BCUT2D eigenvalue weighted by atomic mass is 9.87. The maximum absolute atomic E-state index is 15.5. The Morgan fingerprint density at radius 2 is 1.11 bits per heavy atom. The summed E-state index contributed by atoms with van der Waals surface area (Å²) < 4.78 is 0. The first-order valence-electron chi connectivity index (χ1n) is 38.4. The number of nitro benzene ring substituents is 1. The number of fused-ring (bicyclic) bond motifs is 1. The zero-order chi connectivity index (χ0) is 81.0. The molecular weight excluding hydrogens is 1430 g/mol. The molecule has 594 valence electrons. The summed E-state index contributed by atoms with van der Waals surface area (Å²) in [6.45, 7) is 13.5. The number of primary amides is 1. The van der Waals surface area contributed by atoms with E-state index in [0.717, 1.165) is 22.9 Å². The van der Waals surface area contributed by atoms with Crippen molar-refractivity contribution >= 4 is 104 Å². The maximum atomic E-state index is 15.5. The predicted octanol–water partition coefficient (Wildman–Crippen LogP) is 10.4. The van der Waals surface area contributed by atoms with Crippen molar-refractivity contribution < 1.29 is 62.5 Å². The molecule has 0 unspecified atom stereocenters. The van der Waals surface area contributed by atoms with Crippen LogP contribution in [0.25, 0.3) is 10.8 Å². The Kier molecular flexibility index (Phi) is 34.2. The van der Waals surface area contributed by atoms with E-state index in [1.165, 1.54) is 44.4 Å². The van der Waals surface area contributed by atoms with Gasteiger partial charge in [0, 0.05) is 130 Å². The number of nitrogens with zero attached hydrogens (tertiary/aromatic N) is 4. The van der Waals surface area contributed by atoms with Gasteiger partial charge in [0.15, 0.2) is 28.9 Å². The predicted molar refractivity (Wildman–Crippen MR) is 426 cm³/mol. The summed E-state index contributed by atoms with van der Waals surface area (Å²) in [5.41, 5.74) is 8.37. The third-order valence-corrected chi connectivity index (χ3v) is 21.0. The summed E-state index contributed by atoms with van der Waals surface area (Å²) in [5, 5.41) is 30.9. The largest absolute Gasteiger partial charge is 0.359 e. The van der Waals surface area contributed by atoms with Gasteiger partial charge in [0.25, 0.3) is 5.69 Å². The minimum absolute atomic E-state index is 0.0176. The summed E-state index contributed by atoms with van der Waals surface area (Å²) in [6, 6.07) is 28.9. The number of aromatic nitrogens is 1. The fourth-order valence-electron chi connectivity index (χ4n) is 14.2. The van der Waals surface area contributed by atoms with Crippen LogP contribution >= 0.6 is 11.6 Å². The fourth-order valence-corrected chi connectivity index (χ4v) is 14.3. The van der Waals surface area contributed by atoms with E-state index in [1.54, 1.807) is 85.6 Å². The normalized spacial score (nSPS) is 15.2. The number of hydrogen-bond donors (Lipinski definition) is 7. The molecule has 1 saturated heterocycles. The third-order valence-electron chi connectivity index (χ3n) is 20.7. The number of carbonyl (C=O) groups excluding carboxylic acids is 12. The highest BCUT2D eigenvalue weighted by Gasteiger charge is 2.41. The van der Waals surface area contributed by atoms with Gasteiger partial charge in [-0.05, 0) is 166 Å². The lowest BCUT2D eigenvalue weighted by Gasteiger charge is -2.30. The van der Waals surface area contributed by atoms with Crippen molar-refractivity contribution in [1.82, 2.24) is 41.4 Å². The zero-order valence-electron chi connectivity index (χ0n) is 65.1. The number of urea groups is 1. The van der Waals surface area contributed by atoms with E-state index in [0.29, 0.717) is 65.1 Å². The lowest BCUT2D eigenvalue weighted by Crippen LogP contribution is -2.50. The molecule has 1 fully saturated rings. The Morgan fingerprint density at radius 3 is 1.66 bits per heavy atom. The Balaban J connectivity index is 1.18. The molecule has 7 rings (SSSR count). The molecule has 8 N–H and O–H groups in total. The molecule has 8 amide bonds. The maximum Gasteiger partial charge on any atom is 0.316 e. The highest BCUT2D eigenvalue weighted by atomic mass is 35.5. The molecule has 111 heavy (non-hydrogen) atoms. The minimum atomic E-state index is -1.45. The van der Waals surface area contributed by atoms with Crippen molar-refractivity contribution in [2.45, 2.75) is 194 Å². The Labute approximate surface area is 655 Å². The van der Waals surface area contributed by atoms with Crippen LogP contribution in [0.15, 0.2) is 140 Å². The number of anilines is 1. The number of Topliss-reactive ketones (excluding diaryl/α,β-unsaturated/α-hetero) is 5. The van der Waals surface area contributed by atoms with Crippen LogP contribution in [0.4, 0.5) is 16.2 Å². The van der Waals surface area contributed by atoms with Crippen LogP contribution in [0, 0.1) is 45.6 Å². The van der Waals surface area contributed by atoms with E-state index >= 15 is 28.8 Å². The molecule has 0 bridgehead atoms. The molecule has 0 saturated carbocycles. The van der Waals surface area contributed by atoms with Crippen molar-refractivity contribution in [3.63, 3.8) is 0 Å². The van der Waals surface area contributed by atoms with Crippen LogP contribution in [-0.2, 0) is 84.8 Å². The van der Waals surface area contributed by atoms with Gasteiger partial charge in [-0.3, -0.25) is 67.8 Å². The van der Waals surface area contributed by atoms with Gasteiger partial charge in [-0.2, -0.15) is 0 Å². The minimum Gasteiger partial charge on any atom is -0.359 e. The quantitative estimate of drug-likeness (QED) is 0.0106. The highest BCUT2D eigenvalue weighted by molar-refractivity contribution is 6.30. The number of benzene rings is 5. The van der Waals surface area contributed by atoms with Gasteiger partial charge in [0.2, 0.25) is 35.4 Å². The Hall–Kier alpha value is -10.4. The molecule has 1 aromatic heterocycles. The van der Waals surface area contributed by atoms with Crippen molar-refractivity contribution in [3.8, 4) is 0 Å².